The molecule has 0 atom stereocenters. The molecule has 0 saturated carbocycles. The van der Waals surface area contributed by atoms with Gasteiger partial charge in [0.15, 0.2) is 0 Å². The molecule has 32 heavy (non-hydrogen) atoms. The molecule has 1 aliphatic heterocycles. The van der Waals surface area contributed by atoms with E-state index in [-0.39, 0.29) is 32.7 Å². The Morgan fingerprint density at radius 1 is 0.750 bits per heavy atom. The van der Waals surface area contributed by atoms with Crippen molar-refractivity contribution in [2.24, 2.45) is 5.11 Å². The molecule has 0 radical (unpaired) electrons. The number of hydroxylamine groups is 2. The molecule has 0 spiro atoms. The van der Waals surface area contributed by atoms with Crippen LogP contribution in [0.1, 0.15) is 12.8 Å². The second-order valence-corrected chi connectivity index (χ2v) is 6.11. The van der Waals surface area contributed by atoms with E-state index >= 15 is 0 Å². The third-order valence-corrected chi connectivity index (χ3v) is 3.68. The number of rotatable bonds is 21. The van der Waals surface area contributed by atoms with Crippen molar-refractivity contribution < 1.29 is 47.6 Å². The average molecular weight is 462 g/mol. The van der Waals surface area contributed by atoms with Crippen LogP contribution in [0.4, 0.5) is 0 Å². The number of carbonyl (C=O) groups excluding carboxylic acids is 3. The third kappa shape index (κ3) is 14.6. The normalized spacial score (nSPS) is 13.4. The summed E-state index contributed by atoms with van der Waals surface area (Å²) in [4.78, 5) is 41.4. The summed E-state index contributed by atoms with van der Waals surface area (Å²) in [5.41, 5.74) is 8.09. The van der Waals surface area contributed by atoms with E-state index < -0.39 is 17.8 Å². The van der Waals surface area contributed by atoms with Gasteiger partial charge in [-0.25, -0.2) is 4.79 Å². The van der Waals surface area contributed by atoms with Crippen molar-refractivity contribution in [2.75, 3.05) is 85.8 Å². The Labute approximate surface area is 185 Å². The highest BCUT2D eigenvalue weighted by atomic mass is 16.7. The second kappa shape index (κ2) is 19.4. The maximum Gasteiger partial charge on any atom is 0.358 e. The Balaban J connectivity index is 1.75. The fraction of sp³-hybridized carbons (Fsp3) is 0.833. The highest BCUT2D eigenvalue weighted by molar-refractivity contribution is 6.01. The van der Waals surface area contributed by atoms with E-state index in [1.807, 2.05) is 0 Å². The maximum atomic E-state index is 11.5. The van der Waals surface area contributed by atoms with Gasteiger partial charge in [-0.3, -0.25) is 9.59 Å². The molecule has 0 N–H and O–H groups in total. The van der Waals surface area contributed by atoms with Crippen molar-refractivity contribution in [3.63, 3.8) is 0 Å². The molecular formula is C18H30N4O10. The molecule has 0 bridgehead atoms. The number of amides is 2. The number of azide groups is 1. The van der Waals surface area contributed by atoms with Crippen LogP contribution in [0.5, 0.6) is 0 Å². The van der Waals surface area contributed by atoms with Gasteiger partial charge in [-0.1, -0.05) is 5.11 Å². The van der Waals surface area contributed by atoms with Gasteiger partial charge in [-0.15, -0.1) is 5.06 Å². The topological polar surface area (TPSA) is 168 Å². The molecule has 2 amide bonds. The van der Waals surface area contributed by atoms with Crippen LogP contribution in [0, 0.1) is 0 Å². The predicted octanol–water partition coefficient (Wildman–Crippen LogP) is 0.00350. The van der Waals surface area contributed by atoms with E-state index in [1.54, 1.807) is 0 Å². The summed E-state index contributed by atoms with van der Waals surface area (Å²) in [6.07, 6.45) is 0.0881. The molecule has 1 fully saturated rings. The zero-order chi connectivity index (χ0) is 23.3. The quantitative estimate of drug-likeness (QED) is 0.0744. The lowest BCUT2D eigenvalue weighted by molar-refractivity contribution is -0.200. The smallest absolute Gasteiger partial charge is 0.358 e. The Morgan fingerprint density at radius 3 is 1.59 bits per heavy atom. The Hall–Kier alpha value is -2.32. The first-order chi connectivity index (χ1) is 15.6. The monoisotopic (exact) mass is 462 g/mol. The van der Waals surface area contributed by atoms with E-state index in [2.05, 4.69) is 14.9 Å². The summed E-state index contributed by atoms with van der Waals surface area (Å²) in [5, 5.41) is 3.82. The highest BCUT2D eigenvalue weighted by Crippen LogP contribution is 2.11. The molecule has 1 saturated heterocycles. The van der Waals surface area contributed by atoms with Crippen LogP contribution in [-0.2, 0) is 47.6 Å². The van der Waals surface area contributed by atoms with Crippen molar-refractivity contribution in [3.8, 4) is 0 Å². The molecule has 14 heteroatoms. The van der Waals surface area contributed by atoms with Gasteiger partial charge in [0.25, 0.3) is 11.8 Å². The number of nitrogens with zero attached hydrogens (tertiary/aromatic N) is 4. The van der Waals surface area contributed by atoms with Crippen molar-refractivity contribution in [2.45, 2.75) is 12.8 Å². The number of imide groups is 1. The van der Waals surface area contributed by atoms with E-state index in [1.165, 1.54) is 0 Å². The molecule has 0 aliphatic carbocycles. The van der Waals surface area contributed by atoms with Crippen molar-refractivity contribution >= 4 is 17.8 Å². The largest absolute Gasteiger partial charge is 0.379 e. The van der Waals surface area contributed by atoms with E-state index in [0.717, 1.165) is 0 Å². The molecule has 0 unspecified atom stereocenters. The molecule has 1 heterocycles. The number of hydrogen-bond acceptors (Lipinski definition) is 11. The second-order valence-electron chi connectivity index (χ2n) is 6.11. The van der Waals surface area contributed by atoms with Crippen molar-refractivity contribution in [1.29, 1.82) is 0 Å². The van der Waals surface area contributed by atoms with Crippen LogP contribution in [0.15, 0.2) is 5.11 Å². The molecule has 0 aromatic heterocycles. The Bertz CT molecular complexity index is 584. The van der Waals surface area contributed by atoms with Crippen LogP contribution < -0.4 is 0 Å². The summed E-state index contributed by atoms with van der Waals surface area (Å²) in [5.74, 6) is -1.89. The summed E-state index contributed by atoms with van der Waals surface area (Å²) in [6.45, 7) is 4.04. The fourth-order valence-electron chi connectivity index (χ4n) is 2.19. The van der Waals surface area contributed by atoms with Gasteiger partial charge < -0.3 is 33.3 Å². The fourth-order valence-corrected chi connectivity index (χ4v) is 2.19. The minimum Gasteiger partial charge on any atom is -0.379 e. The van der Waals surface area contributed by atoms with Crippen LogP contribution in [0.2, 0.25) is 0 Å². The van der Waals surface area contributed by atoms with Gasteiger partial charge in [0.1, 0.15) is 6.61 Å². The molecule has 0 aromatic rings. The zero-order valence-corrected chi connectivity index (χ0v) is 18.0. The lowest BCUT2D eigenvalue weighted by Crippen LogP contribution is -2.33. The minimum absolute atomic E-state index is 0.0440. The van der Waals surface area contributed by atoms with Gasteiger partial charge in [-0.05, 0) is 5.53 Å². The van der Waals surface area contributed by atoms with E-state index in [0.29, 0.717) is 71.1 Å². The zero-order valence-electron chi connectivity index (χ0n) is 18.0. The first-order valence-electron chi connectivity index (χ1n) is 10.2. The van der Waals surface area contributed by atoms with E-state index in [4.69, 9.17) is 34.0 Å². The lowest BCUT2D eigenvalue weighted by atomic mass is 10.4. The molecule has 182 valence electrons. The first kappa shape index (κ1) is 27.7. The predicted molar refractivity (Wildman–Crippen MR) is 106 cm³/mol. The van der Waals surface area contributed by atoms with Crippen molar-refractivity contribution in [3.05, 3.63) is 10.4 Å². The summed E-state index contributed by atoms with van der Waals surface area (Å²) in [7, 11) is 0. The van der Waals surface area contributed by atoms with Gasteiger partial charge in [0, 0.05) is 24.3 Å². The van der Waals surface area contributed by atoms with Gasteiger partial charge >= 0.3 is 5.97 Å². The molecular weight excluding hydrogens is 432 g/mol. The highest BCUT2D eigenvalue weighted by Gasteiger charge is 2.32. The summed E-state index contributed by atoms with van der Waals surface area (Å²) >= 11 is 0. The first-order valence-corrected chi connectivity index (χ1v) is 10.2. The number of carbonyl (C=O) groups is 3. The summed E-state index contributed by atoms with van der Waals surface area (Å²) in [6, 6.07) is 0. The third-order valence-electron chi connectivity index (χ3n) is 3.68. The minimum atomic E-state index is -0.821. The maximum absolute atomic E-state index is 11.5. The SMILES string of the molecule is [N-]=[N+]=NCCOCCOCCOCCOCCOCCOCC(=O)ON1C(=O)CCC1=O. The molecule has 14 nitrogen and oxygen atoms in total. The van der Waals surface area contributed by atoms with Gasteiger partial charge in [-0.2, -0.15) is 0 Å². The number of hydrogen-bond donors (Lipinski definition) is 0. The standard InChI is InChI=1S/C18H30N4O10/c19-21-20-3-4-26-5-6-27-7-8-28-9-10-29-11-12-30-13-14-31-15-18(25)32-22-16(23)1-2-17(22)24/h1-15H2. The van der Waals surface area contributed by atoms with Crippen LogP contribution in [0.25, 0.3) is 10.4 Å². The average Bonchev–Trinajstić information content (AvgIpc) is 3.09. The van der Waals surface area contributed by atoms with Crippen LogP contribution >= 0.6 is 0 Å². The van der Waals surface area contributed by atoms with Crippen LogP contribution in [-0.4, -0.2) is 109 Å². The molecule has 1 rings (SSSR count). The molecule has 0 aromatic carbocycles. The molecule has 1 aliphatic rings. The van der Waals surface area contributed by atoms with Gasteiger partial charge in [0.2, 0.25) is 0 Å². The Morgan fingerprint density at radius 2 is 1.16 bits per heavy atom. The van der Waals surface area contributed by atoms with E-state index in [9.17, 15) is 14.4 Å². The Kier molecular flexibility index (Phi) is 16.8. The summed E-state index contributed by atoms with van der Waals surface area (Å²) < 4.78 is 31.5. The van der Waals surface area contributed by atoms with Crippen molar-refractivity contribution in [1.82, 2.24) is 5.06 Å². The number of ether oxygens (including phenoxy) is 6. The lowest BCUT2D eigenvalue weighted by Gasteiger charge is -2.12. The van der Waals surface area contributed by atoms with Crippen LogP contribution in [0.3, 0.4) is 0 Å². The van der Waals surface area contributed by atoms with Gasteiger partial charge in [0.05, 0.1) is 72.7 Å².